The van der Waals surface area contributed by atoms with Gasteiger partial charge >= 0.3 is 11.9 Å². The van der Waals surface area contributed by atoms with Crippen molar-refractivity contribution in [2.24, 2.45) is 35.0 Å². The van der Waals surface area contributed by atoms with E-state index >= 15 is 0 Å². The molecular formula is C26H44O4. The number of fused-ring (bicyclic) bond motifs is 2. The third kappa shape index (κ3) is 5.40. The Bertz CT molecular complexity index is 611. The van der Waals surface area contributed by atoms with Gasteiger partial charge in [0.2, 0.25) is 0 Å². The molecule has 3 fully saturated rings. The molecule has 30 heavy (non-hydrogen) atoms. The summed E-state index contributed by atoms with van der Waals surface area (Å²) < 4.78 is 12.3. The first kappa shape index (κ1) is 23.6. The lowest BCUT2D eigenvalue weighted by Gasteiger charge is -2.38. The molecule has 3 aliphatic rings. The van der Waals surface area contributed by atoms with Gasteiger partial charge in [-0.3, -0.25) is 9.59 Å². The molecule has 0 N–H and O–H groups in total. The Hall–Kier alpha value is -1.06. The second-order valence-corrected chi connectivity index (χ2v) is 12.0. The van der Waals surface area contributed by atoms with Gasteiger partial charge in [-0.2, -0.15) is 0 Å². The van der Waals surface area contributed by atoms with Crippen molar-refractivity contribution < 1.29 is 19.1 Å². The normalized spacial score (nSPS) is 31.6. The number of ether oxygens (including phenoxy) is 2. The summed E-state index contributed by atoms with van der Waals surface area (Å²) >= 11 is 0. The van der Waals surface area contributed by atoms with Crippen LogP contribution in [0.25, 0.3) is 0 Å². The van der Waals surface area contributed by atoms with Crippen LogP contribution in [0.5, 0.6) is 0 Å². The van der Waals surface area contributed by atoms with Gasteiger partial charge in [0, 0.05) is 5.92 Å². The van der Waals surface area contributed by atoms with E-state index in [1.54, 1.807) is 0 Å². The monoisotopic (exact) mass is 420 g/mol. The number of esters is 2. The molecule has 0 amide bonds. The number of hydrogen-bond donors (Lipinski definition) is 0. The first-order chi connectivity index (χ1) is 14.0. The Morgan fingerprint density at radius 2 is 1.70 bits per heavy atom. The van der Waals surface area contributed by atoms with Gasteiger partial charge in [-0.1, -0.05) is 48.0 Å². The van der Waals surface area contributed by atoms with Gasteiger partial charge in [-0.05, 0) is 75.0 Å². The van der Waals surface area contributed by atoms with Crippen molar-refractivity contribution >= 4 is 11.9 Å². The van der Waals surface area contributed by atoms with Crippen LogP contribution >= 0.6 is 0 Å². The fourth-order valence-corrected chi connectivity index (χ4v) is 6.19. The SMILES string of the molecule is CCC1(OC(=O)C2CC3CC(OC(=O)[C@@H](CC(C)(C)C)C(C)C)C2C3)CCCCC1. The lowest BCUT2D eigenvalue weighted by Crippen LogP contribution is -2.42. The van der Waals surface area contributed by atoms with E-state index in [1.807, 2.05) is 0 Å². The van der Waals surface area contributed by atoms with E-state index in [0.717, 1.165) is 57.8 Å². The van der Waals surface area contributed by atoms with E-state index in [1.165, 1.54) is 6.42 Å². The molecule has 0 radical (unpaired) electrons. The van der Waals surface area contributed by atoms with Crippen molar-refractivity contribution in [3.05, 3.63) is 0 Å². The summed E-state index contributed by atoms with van der Waals surface area (Å²) in [7, 11) is 0. The van der Waals surface area contributed by atoms with Crippen LogP contribution in [-0.4, -0.2) is 23.6 Å². The predicted molar refractivity (Wildman–Crippen MR) is 119 cm³/mol. The Kier molecular flexibility index (Phi) is 7.24. The van der Waals surface area contributed by atoms with Gasteiger partial charge in [0.25, 0.3) is 0 Å². The molecule has 3 saturated carbocycles. The standard InChI is InChI=1S/C26H44O4/c1-7-26(11-9-8-10-12-26)30-24(28)20-14-18-13-19(20)22(15-18)29-23(27)21(17(2)3)16-25(4,5)6/h17-22H,7-16H2,1-6H3/t18?,19?,20?,21-,22?/m0/s1. The highest BCUT2D eigenvalue weighted by molar-refractivity contribution is 5.75. The van der Waals surface area contributed by atoms with Crippen LogP contribution in [0.1, 0.15) is 106 Å². The van der Waals surface area contributed by atoms with Gasteiger partial charge < -0.3 is 9.47 Å². The van der Waals surface area contributed by atoms with Crippen molar-refractivity contribution in [3.8, 4) is 0 Å². The third-order valence-corrected chi connectivity index (χ3v) is 7.99. The molecule has 0 aromatic heterocycles. The van der Waals surface area contributed by atoms with E-state index in [4.69, 9.17) is 9.47 Å². The maximum absolute atomic E-state index is 13.2. The van der Waals surface area contributed by atoms with Crippen LogP contribution in [0.3, 0.4) is 0 Å². The van der Waals surface area contributed by atoms with Gasteiger partial charge in [-0.25, -0.2) is 0 Å². The minimum absolute atomic E-state index is 0.0258. The summed E-state index contributed by atoms with van der Waals surface area (Å²) in [6.45, 7) is 12.9. The Balaban J connectivity index is 1.62. The van der Waals surface area contributed by atoms with Gasteiger partial charge in [-0.15, -0.1) is 0 Å². The molecule has 0 heterocycles. The lowest BCUT2D eigenvalue weighted by molar-refractivity contribution is -0.176. The minimum Gasteiger partial charge on any atom is -0.462 e. The summed E-state index contributed by atoms with van der Waals surface area (Å²) in [5.41, 5.74) is -0.164. The van der Waals surface area contributed by atoms with Gasteiger partial charge in [0.15, 0.2) is 0 Å². The largest absolute Gasteiger partial charge is 0.462 e. The van der Waals surface area contributed by atoms with E-state index in [9.17, 15) is 9.59 Å². The zero-order valence-corrected chi connectivity index (χ0v) is 20.2. The molecule has 4 nitrogen and oxygen atoms in total. The molecule has 172 valence electrons. The molecule has 0 spiro atoms. The highest BCUT2D eigenvalue weighted by Gasteiger charge is 2.53. The van der Waals surface area contributed by atoms with Crippen LogP contribution in [0.2, 0.25) is 0 Å². The van der Waals surface area contributed by atoms with Crippen LogP contribution in [0, 0.1) is 35.0 Å². The Morgan fingerprint density at radius 1 is 1.03 bits per heavy atom. The first-order valence-electron chi connectivity index (χ1n) is 12.5. The van der Waals surface area contributed by atoms with E-state index in [2.05, 4.69) is 41.5 Å². The summed E-state index contributed by atoms with van der Waals surface area (Å²) in [4.78, 5) is 26.2. The van der Waals surface area contributed by atoms with Crippen LogP contribution in [0.4, 0.5) is 0 Å². The van der Waals surface area contributed by atoms with Crippen molar-refractivity contribution in [2.45, 2.75) is 117 Å². The molecule has 3 rings (SSSR count). The summed E-state index contributed by atoms with van der Waals surface area (Å²) in [6.07, 6.45) is 10.0. The molecule has 3 aliphatic carbocycles. The van der Waals surface area contributed by atoms with E-state index in [0.29, 0.717) is 5.92 Å². The first-order valence-corrected chi connectivity index (χ1v) is 12.5. The Labute approximate surface area is 183 Å². The van der Waals surface area contributed by atoms with Crippen molar-refractivity contribution in [2.75, 3.05) is 0 Å². The second kappa shape index (κ2) is 9.20. The summed E-state index contributed by atoms with van der Waals surface area (Å²) in [5, 5.41) is 0. The zero-order chi connectivity index (χ0) is 22.1. The average molecular weight is 421 g/mol. The zero-order valence-electron chi connectivity index (χ0n) is 20.2. The molecule has 5 atom stereocenters. The van der Waals surface area contributed by atoms with Gasteiger partial charge in [0.05, 0.1) is 11.8 Å². The van der Waals surface area contributed by atoms with E-state index in [-0.39, 0.29) is 52.7 Å². The Morgan fingerprint density at radius 3 is 2.23 bits per heavy atom. The molecule has 2 bridgehead atoms. The molecule has 0 aliphatic heterocycles. The van der Waals surface area contributed by atoms with Crippen LogP contribution in [-0.2, 0) is 19.1 Å². The average Bonchev–Trinajstić information content (AvgIpc) is 3.26. The van der Waals surface area contributed by atoms with Crippen molar-refractivity contribution in [3.63, 3.8) is 0 Å². The quantitative estimate of drug-likeness (QED) is 0.453. The number of rotatable bonds is 7. The predicted octanol–water partition coefficient (Wildman–Crippen LogP) is 6.31. The van der Waals surface area contributed by atoms with Crippen molar-refractivity contribution in [1.82, 2.24) is 0 Å². The minimum atomic E-state index is -0.251. The molecular weight excluding hydrogens is 376 g/mol. The third-order valence-electron chi connectivity index (χ3n) is 7.99. The molecule has 0 saturated heterocycles. The van der Waals surface area contributed by atoms with Crippen LogP contribution in [0.15, 0.2) is 0 Å². The van der Waals surface area contributed by atoms with Crippen molar-refractivity contribution in [1.29, 1.82) is 0 Å². The molecule has 4 unspecified atom stereocenters. The van der Waals surface area contributed by atoms with Gasteiger partial charge in [0.1, 0.15) is 11.7 Å². The number of carbonyl (C=O) groups is 2. The second-order valence-electron chi connectivity index (χ2n) is 12.0. The fraction of sp³-hybridized carbons (Fsp3) is 0.923. The smallest absolute Gasteiger partial charge is 0.309 e. The number of hydrogen-bond acceptors (Lipinski definition) is 4. The molecule has 0 aromatic rings. The summed E-state index contributed by atoms with van der Waals surface area (Å²) in [5.74, 6) is 0.628. The maximum Gasteiger partial charge on any atom is 0.309 e. The maximum atomic E-state index is 13.2. The summed E-state index contributed by atoms with van der Waals surface area (Å²) in [6, 6.07) is 0. The van der Waals surface area contributed by atoms with E-state index < -0.39 is 0 Å². The highest BCUT2D eigenvalue weighted by atomic mass is 16.6. The van der Waals surface area contributed by atoms with Crippen LogP contribution < -0.4 is 0 Å². The topological polar surface area (TPSA) is 52.6 Å². The molecule has 0 aromatic carbocycles. The molecule has 4 heteroatoms. The number of carbonyl (C=O) groups excluding carboxylic acids is 2. The fourth-order valence-electron chi connectivity index (χ4n) is 6.19. The highest BCUT2D eigenvalue weighted by Crippen LogP contribution is 2.51. The lowest BCUT2D eigenvalue weighted by atomic mass is 9.79.